The lowest BCUT2D eigenvalue weighted by Gasteiger charge is -2.18. The van der Waals surface area contributed by atoms with Crippen LogP contribution in [0.15, 0.2) is 48.8 Å². The average molecular weight is 394 g/mol. The van der Waals surface area contributed by atoms with E-state index < -0.39 is 11.7 Å². The highest BCUT2D eigenvalue weighted by Crippen LogP contribution is 2.34. The van der Waals surface area contributed by atoms with Crippen LogP contribution in [0.2, 0.25) is 0 Å². The molecule has 0 saturated heterocycles. The standard InChI is InChI=1S/C22H23FN4O2/c1-14-21(16-5-7-20(24)26-13-16)17(8-9-25-14)15-4-6-19(23)18(12-15)22(28)27(2)10-11-29-3/h4-9,12-13H,10-11H2,1-3H3,(H2,24,26). The fourth-order valence-corrected chi connectivity index (χ4v) is 3.12. The quantitative estimate of drug-likeness (QED) is 0.691. The maximum absolute atomic E-state index is 14.5. The highest BCUT2D eigenvalue weighted by atomic mass is 19.1. The highest BCUT2D eigenvalue weighted by Gasteiger charge is 2.19. The molecule has 2 N–H and O–H groups in total. The molecule has 6 nitrogen and oxygen atoms in total. The van der Waals surface area contributed by atoms with E-state index in [1.165, 1.54) is 11.0 Å². The van der Waals surface area contributed by atoms with Gasteiger partial charge in [-0.1, -0.05) is 6.07 Å². The minimum atomic E-state index is -0.565. The lowest BCUT2D eigenvalue weighted by Crippen LogP contribution is -2.30. The Morgan fingerprint density at radius 1 is 1.17 bits per heavy atom. The van der Waals surface area contributed by atoms with Crippen LogP contribution in [0.25, 0.3) is 22.3 Å². The van der Waals surface area contributed by atoms with E-state index in [-0.39, 0.29) is 5.56 Å². The number of carbonyl (C=O) groups excluding carboxylic acids is 1. The molecule has 0 aliphatic carbocycles. The third kappa shape index (κ3) is 4.41. The van der Waals surface area contributed by atoms with Crippen LogP contribution in [0, 0.1) is 12.7 Å². The van der Waals surface area contributed by atoms with Crippen molar-refractivity contribution in [1.29, 1.82) is 0 Å². The Morgan fingerprint density at radius 3 is 2.62 bits per heavy atom. The predicted molar refractivity (Wildman–Crippen MR) is 111 cm³/mol. The number of ether oxygens (including phenoxy) is 1. The molecule has 1 aromatic carbocycles. The summed E-state index contributed by atoms with van der Waals surface area (Å²) < 4.78 is 19.4. The number of nitrogens with two attached hydrogens (primary N) is 1. The molecule has 0 fully saturated rings. The summed E-state index contributed by atoms with van der Waals surface area (Å²) in [6.45, 7) is 2.64. The normalized spacial score (nSPS) is 10.8. The van der Waals surface area contributed by atoms with Gasteiger partial charge in [-0.25, -0.2) is 9.37 Å². The number of aryl methyl sites for hydroxylation is 1. The zero-order valence-corrected chi connectivity index (χ0v) is 16.6. The number of nitrogen functional groups attached to an aromatic ring is 1. The average Bonchev–Trinajstić information content (AvgIpc) is 2.72. The number of methoxy groups -OCH3 is 1. The second-order valence-corrected chi connectivity index (χ2v) is 6.70. The molecule has 0 unspecified atom stereocenters. The van der Waals surface area contributed by atoms with Crippen molar-refractivity contribution in [3.05, 3.63) is 65.9 Å². The molecular weight excluding hydrogens is 371 g/mol. The Kier molecular flexibility index (Phi) is 6.19. The molecule has 0 aliphatic heterocycles. The zero-order chi connectivity index (χ0) is 21.0. The Hall–Kier alpha value is -3.32. The van der Waals surface area contributed by atoms with Crippen LogP contribution in [0.5, 0.6) is 0 Å². The van der Waals surface area contributed by atoms with Gasteiger partial charge in [0.15, 0.2) is 0 Å². The molecule has 3 rings (SSSR count). The lowest BCUT2D eigenvalue weighted by atomic mass is 9.93. The number of amides is 1. The van der Waals surface area contributed by atoms with Crippen molar-refractivity contribution in [3.63, 3.8) is 0 Å². The van der Waals surface area contributed by atoms with Crippen molar-refractivity contribution in [2.75, 3.05) is 33.0 Å². The Bertz CT molecular complexity index is 1020. The highest BCUT2D eigenvalue weighted by molar-refractivity contribution is 5.96. The summed E-state index contributed by atoms with van der Waals surface area (Å²) in [5.41, 5.74) is 9.76. The van der Waals surface area contributed by atoms with Crippen LogP contribution >= 0.6 is 0 Å². The van der Waals surface area contributed by atoms with Crippen molar-refractivity contribution < 1.29 is 13.9 Å². The second kappa shape index (κ2) is 8.79. The number of benzene rings is 1. The Morgan fingerprint density at radius 2 is 1.93 bits per heavy atom. The number of likely N-dealkylation sites (N-methyl/N-ethyl adjacent to an activating group) is 1. The van der Waals surface area contributed by atoms with Crippen molar-refractivity contribution >= 4 is 11.7 Å². The van der Waals surface area contributed by atoms with Crippen LogP contribution in [-0.4, -0.2) is 48.1 Å². The molecule has 0 atom stereocenters. The number of aromatic nitrogens is 2. The molecule has 150 valence electrons. The number of anilines is 1. The first-order chi connectivity index (χ1) is 13.9. The predicted octanol–water partition coefficient (Wildman–Crippen LogP) is 3.56. The van der Waals surface area contributed by atoms with E-state index in [1.54, 1.807) is 44.8 Å². The van der Waals surface area contributed by atoms with Gasteiger partial charge in [-0.3, -0.25) is 9.78 Å². The summed E-state index contributed by atoms with van der Waals surface area (Å²) in [4.78, 5) is 22.7. The third-order valence-corrected chi connectivity index (χ3v) is 4.70. The molecule has 2 heterocycles. The van der Waals surface area contributed by atoms with E-state index in [0.717, 1.165) is 22.4 Å². The lowest BCUT2D eigenvalue weighted by molar-refractivity contribution is 0.0740. The fourth-order valence-electron chi connectivity index (χ4n) is 3.12. The van der Waals surface area contributed by atoms with Gasteiger partial charge in [0.2, 0.25) is 0 Å². The van der Waals surface area contributed by atoms with Gasteiger partial charge in [0.1, 0.15) is 11.6 Å². The first-order valence-corrected chi connectivity index (χ1v) is 9.14. The first kappa shape index (κ1) is 20.4. The number of rotatable bonds is 6. The van der Waals surface area contributed by atoms with Gasteiger partial charge in [-0.2, -0.15) is 0 Å². The summed E-state index contributed by atoms with van der Waals surface area (Å²) in [5, 5.41) is 0. The van der Waals surface area contributed by atoms with E-state index in [9.17, 15) is 9.18 Å². The molecule has 0 bridgehead atoms. The largest absolute Gasteiger partial charge is 0.384 e. The number of hydrogen-bond acceptors (Lipinski definition) is 5. The molecular formula is C22H23FN4O2. The Labute approximate surface area is 169 Å². The first-order valence-electron chi connectivity index (χ1n) is 9.14. The van der Waals surface area contributed by atoms with Crippen molar-refractivity contribution in [3.8, 4) is 22.3 Å². The van der Waals surface area contributed by atoms with Gasteiger partial charge in [0.05, 0.1) is 12.2 Å². The van der Waals surface area contributed by atoms with Crippen LogP contribution in [0.4, 0.5) is 10.2 Å². The summed E-state index contributed by atoms with van der Waals surface area (Å²) in [7, 11) is 3.18. The van der Waals surface area contributed by atoms with E-state index in [4.69, 9.17) is 10.5 Å². The number of pyridine rings is 2. The number of halogens is 1. The SMILES string of the molecule is COCCN(C)C(=O)c1cc(-c2ccnc(C)c2-c2ccc(N)nc2)ccc1F. The maximum Gasteiger partial charge on any atom is 0.256 e. The molecule has 0 saturated carbocycles. The van der Waals surface area contributed by atoms with Gasteiger partial charge in [0, 0.05) is 49.9 Å². The van der Waals surface area contributed by atoms with E-state index >= 15 is 0 Å². The van der Waals surface area contributed by atoms with Gasteiger partial charge in [0.25, 0.3) is 5.91 Å². The number of carbonyl (C=O) groups is 1. The Balaban J connectivity index is 2.07. The minimum Gasteiger partial charge on any atom is -0.384 e. The molecule has 0 spiro atoms. The monoisotopic (exact) mass is 394 g/mol. The molecule has 3 aromatic rings. The van der Waals surface area contributed by atoms with Crippen LogP contribution in [0.3, 0.4) is 0 Å². The molecule has 0 aliphatic rings. The van der Waals surface area contributed by atoms with Crippen LogP contribution < -0.4 is 5.73 Å². The van der Waals surface area contributed by atoms with E-state index in [0.29, 0.717) is 24.5 Å². The summed E-state index contributed by atoms with van der Waals surface area (Å²) in [5.74, 6) is -0.544. The van der Waals surface area contributed by atoms with Gasteiger partial charge < -0.3 is 15.4 Å². The molecule has 0 radical (unpaired) electrons. The van der Waals surface area contributed by atoms with Crippen LogP contribution in [-0.2, 0) is 4.74 Å². The van der Waals surface area contributed by atoms with Gasteiger partial charge in [-0.15, -0.1) is 0 Å². The fraction of sp³-hybridized carbons (Fsp3) is 0.227. The van der Waals surface area contributed by atoms with Crippen molar-refractivity contribution in [1.82, 2.24) is 14.9 Å². The molecule has 1 amide bonds. The van der Waals surface area contributed by atoms with Crippen molar-refractivity contribution in [2.24, 2.45) is 0 Å². The minimum absolute atomic E-state index is 0.0111. The summed E-state index contributed by atoms with van der Waals surface area (Å²) >= 11 is 0. The number of nitrogens with zero attached hydrogens (tertiary/aromatic N) is 3. The topological polar surface area (TPSA) is 81.3 Å². The summed E-state index contributed by atoms with van der Waals surface area (Å²) in [6.07, 6.45) is 3.37. The van der Waals surface area contributed by atoms with Crippen molar-refractivity contribution in [2.45, 2.75) is 6.92 Å². The van der Waals surface area contributed by atoms with Crippen LogP contribution in [0.1, 0.15) is 16.1 Å². The summed E-state index contributed by atoms with van der Waals surface area (Å²) in [6, 6.07) is 9.97. The molecule has 2 aromatic heterocycles. The molecule has 29 heavy (non-hydrogen) atoms. The van der Waals surface area contributed by atoms with Gasteiger partial charge in [-0.05, 0) is 48.4 Å². The second-order valence-electron chi connectivity index (χ2n) is 6.70. The van der Waals surface area contributed by atoms with E-state index in [2.05, 4.69) is 9.97 Å². The third-order valence-electron chi connectivity index (χ3n) is 4.70. The van der Waals surface area contributed by atoms with E-state index in [1.807, 2.05) is 19.1 Å². The zero-order valence-electron chi connectivity index (χ0n) is 16.6. The smallest absolute Gasteiger partial charge is 0.256 e. The number of hydrogen-bond donors (Lipinski definition) is 1. The molecule has 7 heteroatoms. The van der Waals surface area contributed by atoms with Gasteiger partial charge >= 0.3 is 0 Å². The maximum atomic E-state index is 14.5.